The highest BCUT2D eigenvalue weighted by molar-refractivity contribution is 6.15. The number of rotatable bonds is 6. The van der Waals surface area contributed by atoms with Crippen LogP contribution in [0.25, 0.3) is 22.3 Å². The average molecular weight is 554 g/mol. The van der Waals surface area contributed by atoms with Gasteiger partial charge in [-0.25, -0.2) is 0 Å². The molecule has 3 aromatic rings. The van der Waals surface area contributed by atoms with Crippen LogP contribution in [0.3, 0.4) is 0 Å². The number of benzene rings is 2. The summed E-state index contributed by atoms with van der Waals surface area (Å²) >= 11 is 0. The number of carbonyl (C=O) groups excluding carboxylic acids is 2. The highest BCUT2D eigenvalue weighted by atomic mass is 16.5. The Labute approximate surface area is 239 Å². The molecule has 212 valence electrons. The first-order valence-corrected chi connectivity index (χ1v) is 14.6. The van der Waals surface area contributed by atoms with Crippen LogP contribution in [-0.2, 0) is 26.1 Å². The molecular weight excluding hydrogens is 518 g/mol. The van der Waals surface area contributed by atoms with Crippen molar-refractivity contribution in [3.8, 4) is 22.3 Å². The molecule has 0 unspecified atom stereocenters. The molecule has 0 N–H and O–H groups in total. The van der Waals surface area contributed by atoms with E-state index in [4.69, 9.17) is 14.5 Å². The summed E-state index contributed by atoms with van der Waals surface area (Å²) in [5.41, 5.74) is 4.63. The second kappa shape index (κ2) is 10.5. The number of amides is 2. The zero-order valence-electron chi connectivity index (χ0n) is 23.4. The minimum Gasteiger partial charge on any atom is -0.381 e. The predicted octanol–water partition coefficient (Wildman–Crippen LogP) is 3.53. The molecule has 9 heteroatoms. The zero-order chi connectivity index (χ0) is 28.0. The molecule has 1 spiro atoms. The zero-order valence-corrected chi connectivity index (χ0v) is 23.4. The molecule has 0 saturated carbocycles. The van der Waals surface area contributed by atoms with Gasteiger partial charge in [-0.15, -0.1) is 0 Å². The first kappa shape index (κ1) is 26.1. The van der Waals surface area contributed by atoms with Crippen molar-refractivity contribution in [2.24, 2.45) is 18.0 Å². The van der Waals surface area contributed by atoms with Gasteiger partial charge in [-0.3, -0.25) is 24.2 Å². The Morgan fingerprint density at radius 2 is 1.56 bits per heavy atom. The molecule has 9 nitrogen and oxygen atoms in total. The van der Waals surface area contributed by atoms with Crippen molar-refractivity contribution >= 4 is 17.6 Å². The maximum atomic E-state index is 13.9. The Bertz CT molecular complexity index is 1460. The van der Waals surface area contributed by atoms with Crippen LogP contribution in [0.2, 0.25) is 0 Å². The molecule has 4 aliphatic heterocycles. The number of ether oxygens (including phenoxy) is 2. The summed E-state index contributed by atoms with van der Waals surface area (Å²) in [5.74, 6) is 1.11. The lowest BCUT2D eigenvalue weighted by Crippen LogP contribution is -2.57. The molecule has 4 aliphatic rings. The van der Waals surface area contributed by atoms with E-state index >= 15 is 0 Å². The third kappa shape index (κ3) is 4.87. The van der Waals surface area contributed by atoms with Crippen LogP contribution in [0.4, 0.5) is 0 Å². The summed E-state index contributed by atoms with van der Waals surface area (Å²) in [5, 5.41) is 4.27. The molecule has 1 atom stereocenters. The minimum absolute atomic E-state index is 0.0646. The molecule has 41 heavy (non-hydrogen) atoms. The van der Waals surface area contributed by atoms with Crippen molar-refractivity contribution in [1.82, 2.24) is 19.6 Å². The number of likely N-dealkylation sites (tertiary alicyclic amines) is 1. The fourth-order valence-corrected chi connectivity index (χ4v) is 6.42. The molecule has 2 aromatic carbocycles. The van der Waals surface area contributed by atoms with E-state index in [1.165, 1.54) is 0 Å². The third-order valence-electron chi connectivity index (χ3n) is 8.85. The van der Waals surface area contributed by atoms with Gasteiger partial charge in [0.15, 0.2) is 0 Å². The normalized spacial score (nSPS) is 22.3. The van der Waals surface area contributed by atoms with E-state index in [1.807, 2.05) is 29.2 Å². The van der Waals surface area contributed by atoms with Gasteiger partial charge in [0, 0.05) is 82.6 Å². The van der Waals surface area contributed by atoms with Crippen molar-refractivity contribution in [1.29, 1.82) is 0 Å². The monoisotopic (exact) mass is 553 g/mol. The first-order valence-electron chi connectivity index (χ1n) is 14.6. The fourth-order valence-electron chi connectivity index (χ4n) is 6.42. The first-order chi connectivity index (χ1) is 20.0. The number of hydrogen-bond acceptors (Lipinski definition) is 6. The summed E-state index contributed by atoms with van der Waals surface area (Å²) in [4.78, 5) is 35.4. The van der Waals surface area contributed by atoms with Gasteiger partial charge in [0.25, 0.3) is 11.8 Å². The molecule has 7 rings (SSSR count). The van der Waals surface area contributed by atoms with Gasteiger partial charge < -0.3 is 14.4 Å². The van der Waals surface area contributed by atoms with Crippen LogP contribution >= 0.6 is 0 Å². The Morgan fingerprint density at radius 1 is 0.927 bits per heavy atom. The Morgan fingerprint density at radius 3 is 2.15 bits per heavy atom. The Balaban J connectivity index is 1.09. The highest BCUT2D eigenvalue weighted by Crippen LogP contribution is 2.36. The van der Waals surface area contributed by atoms with E-state index in [1.54, 1.807) is 4.68 Å². The average Bonchev–Trinajstić information content (AvgIpc) is 3.73. The van der Waals surface area contributed by atoms with E-state index in [2.05, 4.69) is 53.6 Å². The van der Waals surface area contributed by atoms with Crippen molar-refractivity contribution < 1.29 is 19.1 Å². The topological polar surface area (TPSA) is 89.3 Å². The second-order valence-corrected chi connectivity index (χ2v) is 11.7. The summed E-state index contributed by atoms with van der Waals surface area (Å²) in [7, 11) is 1.92. The SMILES string of the molecule is Cn1cc(-c2ccc(-c3ccc(C4=NC5(CCOCC5)C(=O)N4CC4CN(C(=O)[C@H]5CCCO5)C4)cc3)cc2)cn1. The van der Waals surface area contributed by atoms with E-state index in [9.17, 15) is 9.59 Å². The molecule has 5 heterocycles. The van der Waals surface area contributed by atoms with Crippen LogP contribution in [0.5, 0.6) is 0 Å². The summed E-state index contributed by atoms with van der Waals surface area (Å²) in [6.07, 6.45) is 6.52. The molecule has 3 saturated heterocycles. The van der Waals surface area contributed by atoms with Crippen molar-refractivity contribution in [2.75, 3.05) is 39.5 Å². The Kier molecular flexibility index (Phi) is 6.71. The molecule has 0 bridgehead atoms. The molecule has 1 aromatic heterocycles. The highest BCUT2D eigenvalue weighted by Gasteiger charge is 2.50. The van der Waals surface area contributed by atoms with Gasteiger partial charge in [-0.05, 0) is 29.5 Å². The lowest BCUT2D eigenvalue weighted by molar-refractivity contribution is -0.148. The van der Waals surface area contributed by atoms with Gasteiger partial charge >= 0.3 is 0 Å². The Hall–Kier alpha value is -3.82. The van der Waals surface area contributed by atoms with Gasteiger partial charge in [0.1, 0.15) is 17.5 Å². The van der Waals surface area contributed by atoms with Crippen LogP contribution < -0.4 is 0 Å². The number of aliphatic imine (C=N–C) groups is 1. The van der Waals surface area contributed by atoms with E-state index in [-0.39, 0.29) is 23.8 Å². The number of amidine groups is 1. The summed E-state index contributed by atoms with van der Waals surface area (Å²) in [6, 6.07) is 16.8. The number of hydrogen-bond donors (Lipinski definition) is 0. The van der Waals surface area contributed by atoms with Crippen molar-refractivity contribution in [3.05, 3.63) is 66.5 Å². The van der Waals surface area contributed by atoms with Crippen LogP contribution in [0.15, 0.2) is 65.9 Å². The number of aromatic nitrogens is 2. The molecule has 0 aliphatic carbocycles. The number of aryl methyl sites for hydroxylation is 1. The van der Waals surface area contributed by atoms with Crippen molar-refractivity contribution in [2.45, 2.75) is 37.3 Å². The minimum atomic E-state index is -0.745. The molecule has 2 amide bonds. The number of carbonyl (C=O) groups is 2. The summed E-state index contributed by atoms with van der Waals surface area (Å²) in [6.45, 7) is 3.61. The van der Waals surface area contributed by atoms with Crippen LogP contribution in [-0.4, -0.2) is 88.3 Å². The van der Waals surface area contributed by atoms with Gasteiger partial charge in [0.05, 0.1) is 6.20 Å². The van der Waals surface area contributed by atoms with E-state index in [0.717, 1.165) is 46.5 Å². The standard InChI is InChI=1S/C32H35N5O4/c1-35-21-27(17-33-35)25-6-4-23(5-7-25)24-8-10-26(11-9-24)29-34-32(12-15-40-16-13-32)31(39)37(29)20-22-18-36(19-22)30(38)28-3-2-14-41-28/h4-11,17,21-22,28H,2-3,12-16,18-20H2,1H3/t28-/m1/s1. The lowest BCUT2D eigenvalue weighted by atomic mass is 9.90. The predicted molar refractivity (Wildman–Crippen MR) is 154 cm³/mol. The number of nitrogens with zero attached hydrogens (tertiary/aromatic N) is 5. The molecular formula is C32H35N5O4. The van der Waals surface area contributed by atoms with E-state index in [0.29, 0.717) is 52.3 Å². The fraction of sp³-hybridized carbons (Fsp3) is 0.438. The maximum absolute atomic E-state index is 13.9. The van der Waals surface area contributed by atoms with Crippen molar-refractivity contribution in [3.63, 3.8) is 0 Å². The van der Waals surface area contributed by atoms with Gasteiger partial charge in [-0.1, -0.05) is 48.5 Å². The smallest absolute Gasteiger partial charge is 0.256 e. The molecule has 3 fully saturated rings. The molecule has 0 radical (unpaired) electrons. The second-order valence-electron chi connectivity index (χ2n) is 11.7. The summed E-state index contributed by atoms with van der Waals surface area (Å²) < 4.78 is 13.0. The third-order valence-corrected chi connectivity index (χ3v) is 8.85. The largest absolute Gasteiger partial charge is 0.381 e. The van der Waals surface area contributed by atoms with Gasteiger partial charge in [0.2, 0.25) is 0 Å². The van der Waals surface area contributed by atoms with Gasteiger partial charge in [-0.2, -0.15) is 5.10 Å². The van der Waals surface area contributed by atoms with E-state index < -0.39 is 5.54 Å². The van der Waals surface area contributed by atoms with Crippen LogP contribution in [0, 0.1) is 5.92 Å². The lowest BCUT2D eigenvalue weighted by Gasteiger charge is -2.42. The van der Waals surface area contributed by atoms with Crippen LogP contribution in [0.1, 0.15) is 31.2 Å². The maximum Gasteiger partial charge on any atom is 0.256 e. The quantitative estimate of drug-likeness (QED) is 0.466.